The van der Waals surface area contributed by atoms with Crippen molar-refractivity contribution in [3.8, 4) is 0 Å². The molecule has 0 spiro atoms. The van der Waals surface area contributed by atoms with E-state index in [-0.39, 0.29) is 11.4 Å². The van der Waals surface area contributed by atoms with Gasteiger partial charge in [0.2, 0.25) is 0 Å². The van der Waals surface area contributed by atoms with Gasteiger partial charge >= 0.3 is 0 Å². The minimum absolute atomic E-state index is 0.163. The molecule has 0 heterocycles. The monoisotopic (exact) mass is 208 g/mol. The maximum atomic E-state index is 10.3. The summed E-state index contributed by atoms with van der Waals surface area (Å²) in [5.41, 5.74) is 0.0410. The van der Waals surface area contributed by atoms with Gasteiger partial charge in [0.05, 0.1) is 5.71 Å². The topological polar surface area (TPSA) is 62.0 Å². The number of aldehydes is 1. The number of oxime groups is 1. The Labute approximate surface area is 90.0 Å². The van der Waals surface area contributed by atoms with Crippen LogP contribution in [0.2, 0.25) is 0 Å². The quantitative estimate of drug-likeness (QED) is 0.248. The predicted octanol–water partition coefficient (Wildman–Crippen LogP) is 2.37. The molecule has 1 N–H and O–H groups in total. The number of hydrogen-bond donors (Lipinski definition) is 1. The van der Waals surface area contributed by atoms with Gasteiger partial charge in [0.25, 0.3) is 0 Å². The van der Waals surface area contributed by atoms with Crippen molar-refractivity contribution < 1.29 is 10.0 Å². The van der Waals surface area contributed by atoms with E-state index in [1.807, 2.05) is 13.8 Å². The fourth-order valence-corrected chi connectivity index (χ4v) is 0.543. The molecule has 0 saturated carbocycles. The van der Waals surface area contributed by atoms with Gasteiger partial charge < -0.3 is 5.21 Å². The summed E-state index contributed by atoms with van der Waals surface area (Å²) in [4.78, 5) is 14.1. The Kier molecular flexibility index (Phi) is 12.4. The molecular weight excluding hydrogens is 192 g/mol. The van der Waals surface area contributed by atoms with E-state index in [0.717, 1.165) is 0 Å². The van der Waals surface area contributed by atoms with Crippen LogP contribution in [0.1, 0.15) is 13.8 Å². The second-order valence-electron chi connectivity index (χ2n) is 1.90. The zero-order valence-electron chi connectivity index (χ0n) is 9.05. The largest absolute Gasteiger partial charge is 0.410 e. The van der Waals surface area contributed by atoms with Gasteiger partial charge in [-0.2, -0.15) is 0 Å². The summed E-state index contributed by atoms with van der Waals surface area (Å²) in [6, 6.07) is 0. The molecule has 0 saturated heterocycles. The Hall–Kier alpha value is -1.97. The Morgan fingerprint density at radius 1 is 1.27 bits per heavy atom. The van der Waals surface area contributed by atoms with Gasteiger partial charge in [-0.05, 0) is 12.2 Å². The van der Waals surface area contributed by atoms with Crippen LogP contribution < -0.4 is 0 Å². The third-order valence-corrected chi connectivity index (χ3v) is 1.11. The van der Waals surface area contributed by atoms with E-state index in [4.69, 9.17) is 5.21 Å². The van der Waals surface area contributed by atoms with Crippen molar-refractivity contribution >= 4 is 17.7 Å². The lowest BCUT2D eigenvalue weighted by atomic mass is 10.2. The fraction of sp³-hybridized carbons (Fsp3) is 0.182. The summed E-state index contributed by atoms with van der Waals surface area (Å²) in [5.74, 6) is 0. The highest BCUT2D eigenvalue weighted by atomic mass is 16.4. The van der Waals surface area contributed by atoms with Crippen LogP contribution in [0.15, 0.2) is 47.7 Å². The molecule has 4 heteroatoms. The van der Waals surface area contributed by atoms with E-state index in [2.05, 4.69) is 23.3 Å². The lowest BCUT2D eigenvalue weighted by Crippen LogP contribution is -2.12. The molecule has 4 nitrogen and oxygen atoms in total. The van der Waals surface area contributed by atoms with Gasteiger partial charge in [-0.25, -0.2) is 0 Å². The molecule has 0 fully saturated rings. The van der Waals surface area contributed by atoms with Gasteiger partial charge in [-0.1, -0.05) is 38.2 Å². The van der Waals surface area contributed by atoms with E-state index in [0.29, 0.717) is 6.29 Å². The molecule has 0 amide bonds. The SMILES string of the molecule is C=C\C=C/N=C(C=C)\C(C=O)=N\O.CC. The molecule has 15 heavy (non-hydrogen) atoms. The zero-order chi connectivity index (χ0) is 12.1. The Balaban J connectivity index is 0. The molecule has 0 aliphatic heterocycles. The van der Waals surface area contributed by atoms with Crippen molar-refractivity contribution in [3.63, 3.8) is 0 Å². The van der Waals surface area contributed by atoms with Crippen molar-refractivity contribution in [2.75, 3.05) is 0 Å². The van der Waals surface area contributed by atoms with E-state index in [1.54, 1.807) is 6.08 Å². The van der Waals surface area contributed by atoms with Crippen LogP contribution in [-0.2, 0) is 4.79 Å². The molecular formula is C11H16N2O2. The molecule has 0 bridgehead atoms. The van der Waals surface area contributed by atoms with E-state index >= 15 is 0 Å². The molecule has 0 aliphatic carbocycles. The summed E-state index contributed by atoms with van der Waals surface area (Å²) in [6.45, 7) is 10.9. The first-order chi connectivity index (χ1) is 7.29. The molecule has 0 aromatic carbocycles. The maximum Gasteiger partial charge on any atom is 0.174 e. The Bertz CT molecular complexity index is 289. The van der Waals surface area contributed by atoms with Gasteiger partial charge in [0.15, 0.2) is 12.0 Å². The van der Waals surface area contributed by atoms with Crippen LogP contribution in [0, 0.1) is 0 Å². The third-order valence-electron chi connectivity index (χ3n) is 1.11. The number of allylic oxidation sites excluding steroid dienone is 3. The minimum atomic E-state index is -0.163. The lowest BCUT2D eigenvalue weighted by Gasteiger charge is -1.92. The highest BCUT2D eigenvalue weighted by Gasteiger charge is 2.02. The molecule has 0 rings (SSSR count). The second kappa shape index (κ2) is 12.0. The molecule has 0 aromatic rings. The highest BCUT2D eigenvalue weighted by Crippen LogP contribution is 1.87. The number of rotatable bonds is 5. The van der Waals surface area contributed by atoms with E-state index < -0.39 is 0 Å². The van der Waals surface area contributed by atoms with Gasteiger partial charge in [-0.3, -0.25) is 9.79 Å². The van der Waals surface area contributed by atoms with Crippen LogP contribution in [0.3, 0.4) is 0 Å². The lowest BCUT2D eigenvalue weighted by molar-refractivity contribution is -0.102. The van der Waals surface area contributed by atoms with E-state index in [9.17, 15) is 4.79 Å². The number of carbonyl (C=O) groups excluding carboxylic acids is 1. The molecule has 0 radical (unpaired) electrons. The van der Waals surface area contributed by atoms with Crippen molar-refractivity contribution in [2.45, 2.75) is 13.8 Å². The number of hydrogen-bond acceptors (Lipinski definition) is 4. The van der Waals surface area contributed by atoms with Crippen LogP contribution >= 0.6 is 0 Å². The molecule has 0 unspecified atom stereocenters. The van der Waals surface area contributed by atoms with Crippen LogP contribution in [0.25, 0.3) is 0 Å². The normalized spacial score (nSPS) is 11.6. The average molecular weight is 208 g/mol. The third kappa shape index (κ3) is 7.13. The first-order valence-corrected chi connectivity index (χ1v) is 4.45. The summed E-state index contributed by atoms with van der Waals surface area (Å²) in [6.07, 6.45) is 6.22. The van der Waals surface area contributed by atoms with Gasteiger partial charge in [0.1, 0.15) is 0 Å². The van der Waals surface area contributed by atoms with Crippen LogP contribution in [-0.4, -0.2) is 22.9 Å². The fourth-order valence-electron chi connectivity index (χ4n) is 0.543. The summed E-state index contributed by atoms with van der Waals surface area (Å²) >= 11 is 0. The predicted molar refractivity (Wildman–Crippen MR) is 63.6 cm³/mol. The minimum Gasteiger partial charge on any atom is -0.410 e. The zero-order valence-corrected chi connectivity index (χ0v) is 9.05. The van der Waals surface area contributed by atoms with Crippen LogP contribution in [0.4, 0.5) is 0 Å². The summed E-state index contributed by atoms with van der Waals surface area (Å²) < 4.78 is 0. The summed E-state index contributed by atoms with van der Waals surface area (Å²) in [5, 5.41) is 11.1. The first-order valence-electron chi connectivity index (χ1n) is 4.45. The second-order valence-corrected chi connectivity index (χ2v) is 1.90. The number of nitrogens with zero attached hydrogens (tertiary/aromatic N) is 2. The Morgan fingerprint density at radius 3 is 2.20 bits per heavy atom. The van der Waals surface area contributed by atoms with Gasteiger partial charge in [-0.15, -0.1) is 0 Å². The van der Waals surface area contributed by atoms with Crippen molar-refractivity contribution in [1.82, 2.24) is 0 Å². The Morgan fingerprint density at radius 2 is 1.87 bits per heavy atom. The van der Waals surface area contributed by atoms with Crippen molar-refractivity contribution in [1.29, 1.82) is 0 Å². The molecule has 0 aromatic heterocycles. The maximum absolute atomic E-state index is 10.3. The number of carbonyl (C=O) groups is 1. The summed E-state index contributed by atoms with van der Waals surface area (Å²) in [7, 11) is 0. The van der Waals surface area contributed by atoms with E-state index in [1.165, 1.54) is 18.4 Å². The smallest absolute Gasteiger partial charge is 0.174 e. The number of aliphatic imine (C=N–C) groups is 1. The van der Waals surface area contributed by atoms with Crippen LogP contribution in [0.5, 0.6) is 0 Å². The van der Waals surface area contributed by atoms with Crippen molar-refractivity contribution in [2.24, 2.45) is 10.1 Å². The molecule has 82 valence electrons. The molecule has 0 aliphatic rings. The van der Waals surface area contributed by atoms with Crippen molar-refractivity contribution in [3.05, 3.63) is 37.6 Å². The standard InChI is InChI=1S/C9H10N2O2.C2H6/c1-3-5-6-10-8(4-2)9(7-12)11-13;1-2/h3-7,13H,1-2H2;1-2H3/b6-5-,10-8-,11-9+;. The first kappa shape index (κ1) is 15.5. The molecule has 0 atom stereocenters. The highest BCUT2D eigenvalue weighted by molar-refractivity contribution is 6.64. The van der Waals surface area contributed by atoms with Gasteiger partial charge in [0, 0.05) is 6.20 Å². The average Bonchev–Trinajstić information content (AvgIpc) is 2.31.